The molecule has 0 saturated carbocycles. The maximum absolute atomic E-state index is 12.7. The number of thiazole rings is 1. The van der Waals surface area contributed by atoms with Gasteiger partial charge in [-0.15, -0.1) is 11.3 Å². The Labute approximate surface area is 210 Å². The zero-order valence-corrected chi connectivity index (χ0v) is 21.9. The molecule has 3 heterocycles. The molecule has 0 radical (unpaired) electrons. The molecule has 0 atom stereocenters. The Morgan fingerprint density at radius 2 is 1.97 bits per heavy atom. The SMILES string of the molecule is C=C(C)C(=CC)c1cc2ncnc(-c3ccc(CNC(=O)c4cnc(C(C)(C)C)s4)c(C)c3)c2[nH]1. The van der Waals surface area contributed by atoms with Gasteiger partial charge < -0.3 is 10.3 Å². The van der Waals surface area contributed by atoms with E-state index in [4.69, 9.17) is 0 Å². The third-order valence-electron chi connectivity index (χ3n) is 5.88. The van der Waals surface area contributed by atoms with Crippen LogP contribution in [0.15, 0.2) is 55.0 Å². The summed E-state index contributed by atoms with van der Waals surface area (Å²) < 4.78 is 0. The number of nitrogens with one attached hydrogen (secondary N) is 2. The predicted molar refractivity (Wildman–Crippen MR) is 145 cm³/mol. The lowest BCUT2D eigenvalue weighted by Gasteiger charge is -2.13. The Bertz CT molecular complexity index is 1450. The number of carbonyl (C=O) groups is 1. The number of H-pyrrole nitrogens is 1. The second-order valence-corrected chi connectivity index (χ2v) is 10.8. The topological polar surface area (TPSA) is 83.6 Å². The van der Waals surface area contributed by atoms with Gasteiger partial charge in [0.05, 0.1) is 27.9 Å². The van der Waals surface area contributed by atoms with E-state index in [1.54, 1.807) is 12.5 Å². The highest BCUT2D eigenvalue weighted by Gasteiger charge is 2.20. The zero-order valence-electron chi connectivity index (χ0n) is 21.1. The first kappa shape index (κ1) is 24.5. The molecule has 35 heavy (non-hydrogen) atoms. The van der Waals surface area contributed by atoms with E-state index >= 15 is 0 Å². The number of fused-ring (bicyclic) bond motifs is 1. The van der Waals surface area contributed by atoms with Crippen LogP contribution < -0.4 is 5.32 Å². The van der Waals surface area contributed by atoms with Crippen LogP contribution in [0.2, 0.25) is 0 Å². The van der Waals surface area contributed by atoms with Crippen LogP contribution in [0.4, 0.5) is 0 Å². The molecule has 0 fully saturated rings. The summed E-state index contributed by atoms with van der Waals surface area (Å²) in [7, 11) is 0. The highest BCUT2D eigenvalue weighted by Crippen LogP contribution is 2.31. The molecule has 0 unspecified atom stereocenters. The summed E-state index contributed by atoms with van der Waals surface area (Å²) in [4.78, 5) is 30.2. The van der Waals surface area contributed by atoms with Crippen LogP contribution in [0.1, 0.15) is 66.1 Å². The van der Waals surface area contributed by atoms with Gasteiger partial charge in [0.15, 0.2) is 0 Å². The first-order valence-electron chi connectivity index (χ1n) is 11.6. The second kappa shape index (κ2) is 9.58. The van der Waals surface area contributed by atoms with Crippen molar-refractivity contribution in [3.05, 3.63) is 81.7 Å². The molecule has 0 saturated heterocycles. The molecule has 0 aliphatic heterocycles. The number of carbonyl (C=O) groups excluding carboxylic acids is 1. The number of allylic oxidation sites excluding steroid dienone is 3. The molecule has 0 aliphatic carbocycles. The van der Waals surface area contributed by atoms with Crippen molar-refractivity contribution < 1.29 is 4.79 Å². The molecule has 2 N–H and O–H groups in total. The van der Waals surface area contributed by atoms with Crippen molar-refractivity contribution in [3.63, 3.8) is 0 Å². The summed E-state index contributed by atoms with van der Waals surface area (Å²) in [5, 5.41) is 3.98. The highest BCUT2D eigenvalue weighted by molar-refractivity contribution is 7.13. The summed E-state index contributed by atoms with van der Waals surface area (Å²) in [5.74, 6) is -0.102. The lowest BCUT2D eigenvalue weighted by molar-refractivity contribution is 0.0954. The van der Waals surface area contributed by atoms with Crippen LogP contribution in [-0.2, 0) is 12.0 Å². The lowest BCUT2D eigenvalue weighted by atomic mass is 9.98. The first-order valence-corrected chi connectivity index (χ1v) is 12.4. The van der Waals surface area contributed by atoms with Gasteiger partial charge in [0.1, 0.15) is 11.2 Å². The van der Waals surface area contributed by atoms with Crippen molar-refractivity contribution in [1.82, 2.24) is 25.3 Å². The van der Waals surface area contributed by atoms with Gasteiger partial charge in [-0.3, -0.25) is 4.79 Å². The molecule has 0 aliphatic rings. The largest absolute Gasteiger partial charge is 0.351 e. The molecule has 4 rings (SSSR count). The number of nitrogens with zero attached hydrogens (tertiary/aromatic N) is 3. The summed E-state index contributed by atoms with van der Waals surface area (Å²) in [6.45, 7) is 16.9. The Morgan fingerprint density at radius 3 is 2.60 bits per heavy atom. The number of aromatic nitrogens is 4. The van der Waals surface area contributed by atoms with E-state index in [1.807, 2.05) is 45.0 Å². The van der Waals surface area contributed by atoms with E-state index in [9.17, 15) is 4.79 Å². The minimum absolute atomic E-state index is 0.0686. The van der Waals surface area contributed by atoms with Gasteiger partial charge >= 0.3 is 0 Å². The molecule has 1 amide bonds. The quantitative estimate of drug-likeness (QED) is 0.302. The highest BCUT2D eigenvalue weighted by atomic mass is 32.1. The molecule has 0 spiro atoms. The number of rotatable bonds is 6. The van der Waals surface area contributed by atoms with Crippen LogP contribution in [0.5, 0.6) is 0 Å². The third kappa shape index (κ3) is 5.10. The monoisotopic (exact) mass is 485 g/mol. The Hall–Kier alpha value is -3.58. The van der Waals surface area contributed by atoms with E-state index < -0.39 is 0 Å². The third-order valence-corrected chi connectivity index (χ3v) is 7.30. The Balaban J connectivity index is 1.55. The Kier molecular flexibility index (Phi) is 6.72. The van der Waals surface area contributed by atoms with Crippen molar-refractivity contribution in [2.75, 3.05) is 0 Å². The van der Waals surface area contributed by atoms with Gasteiger partial charge in [0.2, 0.25) is 0 Å². The van der Waals surface area contributed by atoms with E-state index in [-0.39, 0.29) is 11.3 Å². The summed E-state index contributed by atoms with van der Waals surface area (Å²) >= 11 is 1.45. The minimum atomic E-state index is -0.102. The van der Waals surface area contributed by atoms with Gasteiger partial charge in [-0.1, -0.05) is 45.6 Å². The van der Waals surface area contributed by atoms with Crippen molar-refractivity contribution in [3.8, 4) is 11.3 Å². The molecular weight excluding hydrogens is 454 g/mol. The molecule has 6 nitrogen and oxygen atoms in total. The van der Waals surface area contributed by atoms with Crippen LogP contribution >= 0.6 is 11.3 Å². The summed E-state index contributed by atoms with van der Waals surface area (Å²) in [6, 6.07) is 8.22. The molecule has 1 aromatic carbocycles. The maximum Gasteiger partial charge on any atom is 0.263 e. The molecule has 0 bridgehead atoms. The van der Waals surface area contributed by atoms with Gasteiger partial charge in [-0.25, -0.2) is 15.0 Å². The van der Waals surface area contributed by atoms with Crippen LogP contribution in [0, 0.1) is 6.92 Å². The fourth-order valence-electron chi connectivity index (χ4n) is 3.97. The van der Waals surface area contributed by atoms with Crippen molar-refractivity contribution >= 4 is 33.9 Å². The van der Waals surface area contributed by atoms with Gasteiger partial charge in [0, 0.05) is 23.2 Å². The van der Waals surface area contributed by atoms with Crippen molar-refractivity contribution in [1.29, 1.82) is 0 Å². The van der Waals surface area contributed by atoms with Crippen molar-refractivity contribution in [2.45, 2.75) is 53.5 Å². The van der Waals surface area contributed by atoms with E-state index in [0.717, 1.165) is 55.3 Å². The number of benzene rings is 1. The van der Waals surface area contributed by atoms with Gasteiger partial charge in [-0.2, -0.15) is 0 Å². The first-order chi connectivity index (χ1) is 16.6. The summed E-state index contributed by atoms with van der Waals surface area (Å²) in [6.07, 6.45) is 5.30. The van der Waals surface area contributed by atoms with E-state index in [0.29, 0.717) is 11.4 Å². The number of aryl methyl sites for hydroxylation is 1. The fraction of sp³-hybridized carbons (Fsp3) is 0.286. The average molecular weight is 486 g/mol. The standard InChI is InChI=1S/C28H31N5OS/c1-8-20(16(2)3)21-12-22-25(33-21)24(32-15-31-22)18-9-10-19(17(4)11-18)13-29-26(34)23-14-30-27(35-23)28(5,6)7/h8-12,14-15,33H,2,13H2,1,3-7H3,(H,29,34). The number of aromatic amines is 1. The maximum atomic E-state index is 12.7. The molecule has 180 valence electrons. The number of amides is 1. The molecule has 4 aromatic rings. The fourth-order valence-corrected chi connectivity index (χ4v) is 4.86. The van der Waals surface area contributed by atoms with Crippen LogP contribution in [0.3, 0.4) is 0 Å². The van der Waals surface area contributed by atoms with Gasteiger partial charge in [0.25, 0.3) is 5.91 Å². The zero-order chi connectivity index (χ0) is 25.3. The summed E-state index contributed by atoms with van der Waals surface area (Å²) in [5.41, 5.74) is 8.68. The second-order valence-electron chi connectivity index (χ2n) is 9.75. The predicted octanol–water partition coefficient (Wildman–Crippen LogP) is 6.60. The van der Waals surface area contributed by atoms with Crippen molar-refractivity contribution in [2.24, 2.45) is 0 Å². The van der Waals surface area contributed by atoms with Crippen LogP contribution in [-0.4, -0.2) is 25.8 Å². The lowest BCUT2D eigenvalue weighted by Crippen LogP contribution is -2.22. The van der Waals surface area contributed by atoms with E-state index in [1.165, 1.54) is 11.3 Å². The Morgan fingerprint density at radius 1 is 1.20 bits per heavy atom. The normalized spacial score (nSPS) is 12.2. The molecule has 3 aromatic heterocycles. The van der Waals surface area contributed by atoms with Crippen LogP contribution in [0.25, 0.3) is 27.9 Å². The average Bonchev–Trinajstić information content (AvgIpc) is 3.45. The smallest absolute Gasteiger partial charge is 0.263 e. The van der Waals surface area contributed by atoms with E-state index in [2.05, 4.69) is 58.7 Å². The number of hydrogen-bond donors (Lipinski definition) is 2. The molecular formula is C28H31N5OS. The molecule has 7 heteroatoms. The number of hydrogen-bond acceptors (Lipinski definition) is 5. The van der Waals surface area contributed by atoms with Gasteiger partial charge in [-0.05, 0) is 55.2 Å². The minimum Gasteiger partial charge on any atom is -0.351 e.